The van der Waals surface area contributed by atoms with E-state index in [-0.39, 0.29) is 84.5 Å². The summed E-state index contributed by atoms with van der Waals surface area (Å²) in [6.07, 6.45) is 2.43. The van der Waals surface area contributed by atoms with Crippen LogP contribution in [0.2, 0.25) is 0 Å². The lowest BCUT2D eigenvalue weighted by Crippen LogP contribution is -2.64. The second kappa shape index (κ2) is 18.6. The fourth-order valence-electron chi connectivity index (χ4n) is 12.8. The highest BCUT2D eigenvalue weighted by Crippen LogP contribution is 2.57. The molecule has 7 fully saturated rings. The van der Waals surface area contributed by atoms with Gasteiger partial charge in [-0.25, -0.2) is 0 Å². The first kappa shape index (κ1) is 48.9. The molecule has 0 unspecified atom stereocenters. The van der Waals surface area contributed by atoms with Crippen molar-refractivity contribution in [3.8, 4) is 0 Å². The van der Waals surface area contributed by atoms with Crippen molar-refractivity contribution in [2.24, 2.45) is 41.4 Å². The summed E-state index contributed by atoms with van der Waals surface area (Å²) in [6.45, 7) is 19.5. The van der Waals surface area contributed by atoms with Crippen LogP contribution in [0.3, 0.4) is 0 Å². The maximum atomic E-state index is 12.5. The number of aliphatic carboxylic acids is 1. The van der Waals surface area contributed by atoms with Crippen LogP contribution >= 0.6 is 0 Å². The Labute approximate surface area is 369 Å². The molecule has 7 aliphatic heterocycles. The zero-order valence-electron chi connectivity index (χ0n) is 39.7. The van der Waals surface area contributed by atoms with Crippen molar-refractivity contribution in [2.45, 2.75) is 230 Å². The number of hydrogen-bond donors (Lipinski definition) is 3. The van der Waals surface area contributed by atoms with Crippen LogP contribution in [0, 0.1) is 41.4 Å². The van der Waals surface area contributed by atoms with Gasteiger partial charge in [-0.2, -0.15) is 0 Å². The quantitative estimate of drug-likeness (QED) is 0.213. The molecule has 7 heterocycles. The minimum absolute atomic E-state index is 0.0467. The Balaban J connectivity index is 1.08. The van der Waals surface area contributed by atoms with Gasteiger partial charge < -0.3 is 67.4 Å². The van der Waals surface area contributed by atoms with E-state index in [0.29, 0.717) is 19.3 Å². The van der Waals surface area contributed by atoms with Crippen LogP contribution in [0.1, 0.15) is 127 Å². The van der Waals surface area contributed by atoms with Gasteiger partial charge in [0.2, 0.25) is 0 Å². The molecule has 0 saturated carbocycles. The smallest absolute Gasteiger partial charge is 0.311 e. The minimum Gasteiger partial charge on any atom is -0.481 e. The molecule has 0 bridgehead atoms. The van der Waals surface area contributed by atoms with Crippen LogP contribution in [0.15, 0.2) is 0 Å². The molecule has 1 spiro atoms. The van der Waals surface area contributed by atoms with Gasteiger partial charge in [-0.05, 0) is 72.1 Å². The molecule has 7 saturated heterocycles. The van der Waals surface area contributed by atoms with E-state index in [0.717, 1.165) is 38.5 Å². The number of hydrogen-bond acceptors (Lipinski definition) is 14. The fraction of sp³-hybridized carbons (Fsp3) is 0.979. The van der Waals surface area contributed by atoms with E-state index >= 15 is 0 Å². The lowest BCUT2D eigenvalue weighted by Gasteiger charge is -2.54. The molecular weight excluding hydrogens is 805 g/mol. The van der Waals surface area contributed by atoms with Crippen LogP contribution in [-0.2, 0) is 56.9 Å². The molecule has 0 aromatic rings. The van der Waals surface area contributed by atoms with Crippen molar-refractivity contribution >= 4 is 5.97 Å². The van der Waals surface area contributed by atoms with E-state index in [9.17, 15) is 20.1 Å². The lowest BCUT2D eigenvalue weighted by molar-refractivity contribution is -0.372. The van der Waals surface area contributed by atoms with Crippen molar-refractivity contribution in [3.63, 3.8) is 0 Å². The Morgan fingerprint density at radius 1 is 0.742 bits per heavy atom. The third-order valence-corrected chi connectivity index (χ3v) is 17.0. The van der Waals surface area contributed by atoms with Gasteiger partial charge in [-0.15, -0.1) is 0 Å². The first-order chi connectivity index (χ1) is 29.1. The van der Waals surface area contributed by atoms with Gasteiger partial charge in [0, 0.05) is 70.2 Å². The Morgan fingerprint density at radius 3 is 2.05 bits per heavy atom. The van der Waals surface area contributed by atoms with Crippen LogP contribution in [0.5, 0.6) is 0 Å². The van der Waals surface area contributed by atoms with Gasteiger partial charge in [-0.1, -0.05) is 41.5 Å². The summed E-state index contributed by atoms with van der Waals surface area (Å²) in [5.74, 6) is -7.83. The van der Waals surface area contributed by atoms with E-state index in [1.165, 1.54) is 6.92 Å². The molecule has 15 nitrogen and oxygen atoms in total. The monoisotopic (exact) mass is 885 g/mol. The SMILES string of the molecule is CO[C@H]1CC[C@@H](O[C@@H]2[C@H](C)[C@H](C[C@@H]3C[C@@H](OC)[C@@H](C)[C@]4(O3)O[C@](C)([C@H]3CC[C@@H]([C@H]5CC[C@H]([C@H]6O[C@](C)(O)[C@H](C)C[C@@H]6C)O5)O3)[C@H](OC)[C@H]4C)O[C@](O)([C@@H](C)C(=O)O)[C@H]2C)O[C@@H]1C. The maximum absolute atomic E-state index is 12.5. The summed E-state index contributed by atoms with van der Waals surface area (Å²) in [6, 6.07) is 0. The molecule has 62 heavy (non-hydrogen) atoms. The summed E-state index contributed by atoms with van der Waals surface area (Å²) in [4.78, 5) is 12.5. The van der Waals surface area contributed by atoms with Gasteiger partial charge in [0.25, 0.3) is 0 Å². The average molecular weight is 885 g/mol. The predicted molar refractivity (Wildman–Crippen MR) is 225 cm³/mol. The topological polar surface area (TPSA) is 179 Å². The molecule has 0 aromatic heterocycles. The molecule has 15 heteroatoms. The first-order valence-electron chi connectivity index (χ1n) is 23.7. The predicted octanol–water partition coefficient (Wildman–Crippen LogP) is 5.82. The average Bonchev–Trinajstić information content (AvgIpc) is 3.96. The lowest BCUT2D eigenvalue weighted by atomic mass is 9.74. The summed E-state index contributed by atoms with van der Waals surface area (Å²) in [5.41, 5.74) is -0.885. The molecule has 3 N–H and O–H groups in total. The first-order valence-corrected chi connectivity index (χ1v) is 23.7. The highest BCUT2D eigenvalue weighted by atomic mass is 16.7. The van der Waals surface area contributed by atoms with Gasteiger partial charge in [-0.3, -0.25) is 4.79 Å². The zero-order chi connectivity index (χ0) is 45.3. The van der Waals surface area contributed by atoms with Crippen molar-refractivity contribution < 1.29 is 72.2 Å². The molecule has 0 aromatic carbocycles. The largest absolute Gasteiger partial charge is 0.481 e. The summed E-state index contributed by atoms with van der Waals surface area (Å²) < 4.78 is 72.1. The minimum atomic E-state index is -2.03. The summed E-state index contributed by atoms with van der Waals surface area (Å²) >= 11 is 0. The molecule has 7 rings (SSSR count). The number of ether oxygens (including phenoxy) is 11. The molecule has 0 aliphatic carbocycles. The Kier molecular flexibility index (Phi) is 14.6. The molecular formula is C47H80O15. The van der Waals surface area contributed by atoms with E-state index in [1.807, 2.05) is 20.8 Å². The van der Waals surface area contributed by atoms with Crippen molar-refractivity contribution in [3.05, 3.63) is 0 Å². The van der Waals surface area contributed by atoms with Gasteiger partial charge in [0.05, 0.1) is 73.2 Å². The third-order valence-electron chi connectivity index (χ3n) is 17.0. The van der Waals surface area contributed by atoms with E-state index in [4.69, 9.17) is 52.1 Å². The normalized spacial score (nSPS) is 54.2. The van der Waals surface area contributed by atoms with Crippen LogP contribution in [0.4, 0.5) is 0 Å². The Bertz CT molecular complexity index is 1530. The van der Waals surface area contributed by atoms with E-state index < -0.39 is 65.4 Å². The highest BCUT2D eigenvalue weighted by molar-refractivity contribution is 5.70. The second-order valence-corrected chi connectivity index (χ2v) is 20.8. The number of methoxy groups -OCH3 is 3. The van der Waals surface area contributed by atoms with Crippen LogP contribution in [0.25, 0.3) is 0 Å². The van der Waals surface area contributed by atoms with Gasteiger partial charge in [0.1, 0.15) is 11.5 Å². The van der Waals surface area contributed by atoms with Crippen LogP contribution in [-0.4, -0.2) is 145 Å². The van der Waals surface area contributed by atoms with Crippen molar-refractivity contribution in [2.75, 3.05) is 21.3 Å². The Hall–Kier alpha value is -1.05. The standard InChI is InChI=1S/C47H80O15/c1-23-20-24(2)45(10,50)61-40(23)35-15-14-33(56-35)34-16-18-38(57-34)44(9)42(54-13)28(6)47(62-44)26(4)37(53-12)22-31(59-47)21-36-25(3)41(27(5)46(51,60-36)29(7)43(48)49)58-39-19-17-32(52-11)30(8)55-39/h23-42,50-51H,14-22H2,1-13H3,(H,48,49)/t23-,24+,25+,26+,27-,28+,29-,30+,31+,32-,33+,34-,35+,36-,37+,38+,39+,40-,41+,42+,44+,45-,46-,47-/m0/s1. The van der Waals surface area contributed by atoms with Gasteiger partial charge >= 0.3 is 5.97 Å². The molecule has 7 aliphatic rings. The molecule has 358 valence electrons. The highest BCUT2D eigenvalue weighted by Gasteiger charge is 2.69. The van der Waals surface area contributed by atoms with Gasteiger partial charge in [0.15, 0.2) is 23.7 Å². The zero-order valence-corrected chi connectivity index (χ0v) is 39.7. The number of rotatable bonds is 12. The van der Waals surface area contributed by atoms with Crippen molar-refractivity contribution in [1.82, 2.24) is 0 Å². The maximum Gasteiger partial charge on any atom is 0.311 e. The third kappa shape index (κ3) is 8.69. The fourth-order valence-corrected chi connectivity index (χ4v) is 12.8. The molecule has 24 atom stereocenters. The van der Waals surface area contributed by atoms with E-state index in [2.05, 4.69) is 27.7 Å². The number of carbonyl (C=O) groups is 1. The molecule has 0 amide bonds. The summed E-state index contributed by atoms with van der Waals surface area (Å²) in [7, 11) is 5.10. The van der Waals surface area contributed by atoms with E-state index in [1.54, 1.807) is 35.2 Å². The Morgan fingerprint density at radius 2 is 1.40 bits per heavy atom. The number of carboxylic acids is 1. The number of aliphatic hydroxyl groups is 2. The van der Waals surface area contributed by atoms with Crippen molar-refractivity contribution in [1.29, 1.82) is 0 Å². The van der Waals surface area contributed by atoms with Crippen LogP contribution < -0.4 is 0 Å². The second-order valence-electron chi connectivity index (χ2n) is 20.8. The molecule has 0 radical (unpaired) electrons. The summed E-state index contributed by atoms with van der Waals surface area (Å²) in [5, 5.41) is 33.4. The number of carboxylic acid groups (broad SMARTS) is 1.